The highest BCUT2D eigenvalue weighted by atomic mass is 35.5. The number of piperazine rings is 1. The molecule has 1 aliphatic heterocycles. The molecule has 2 aromatic rings. The molecule has 1 aromatic carbocycles. The fourth-order valence-corrected chi connectivity index (χ4v) is 3.68. The number of nitrogens with zero attached hydrogens (tertiary/aromatic N) is 6. The molecule has 0 unspecified atom stereocenters. The minimum Gasteiger partial charge on any atom is -0.461 e. The van der Waals surface area contributed by atoms with Gasteiger partial charge in [0.05, 0.1) is 30.1 Å². The number of aromatic nitrogens is 2. The van der Waals surface area contributed by atoms with Gasteiger partial charge in [-0.1, -0.05) is 30.3 Å². The standard InChI is InChI=1S/C21H21ClN6O6/c1-2-33-19(29)16-17(28(31)32)18(25-20(22)24-16)26-10-11-27(15(12-26)8-9-23)21(30)34-13-14-6-4-3-5-7-14/h3-7,15H,2,8,10-13H2,1H3/t15-/m0/s1. The number of nitriles is 1. The van der Waals surface area contributed by atoms with Crippen molar-refractivity contribution < 1.29 is 24.0 Å². The molecular weight excluding hydrogens is 468 g/mol. The molecule has 0 spiro atoms. The van der Waals surface area contributed by atoms with Gasteiger partial charge in [0.15, 0.2) is 0 Å². The first kappa shape index (κ1) is 24.7. The Morgan fingerprint density at radius 3 is 2.65 bits per heavy atom. The van der Waals surface area contributed by atoms with Crippen molar-refractivity contribution in [3.05, 3.63) is 57.0 Å². The number of carbonyl (C=O) groups is 2. The van der Waals surface area contributed by atoms with E-state index < -0.39 is 34.4 Å². The molecule has 12 nitrogen and oxygen atoms in total. The summed E-state index contributed by atoms with van der Waals surface area (Å²) in [4.78, 5) is 46.6. The number of hydrogen-bond acceptors (Lipinski definition) is 10. The molecule has 0 saturated carbocycles. The highest BCUT2D eigenvalue weighted by Crippen LogP contribution is 2.32. The predicted molar refractivity (Wildman–Crippen MR) is 119 cm³/mol. The third kappa shape index (κ3) is 5.68. The molecule has 3 rings (SSSR count). The van der Waals surface area contributed by atoms with E-state index in [9.17, 15) is 25.0 Å². The molecule has 1 atom stereocenters. The largest absolute Gasteiger partial charge is 0.461 e. The highest BCUT2D eigenvalue weighted by Gasteiger charge is 2.38. The maximum atomic E-state index is 12.7. The number of esters is 1. The fraction of sp³-hybridized carbons (Fsp3) is 0.381. The van der Waals surface area contributed by atoms with E-state index in [1.165, 1.54) is 9.80 Å². The minimum absolute atomic E-state index is 0.0129. The first-order valence-electron chi connectivity index (χ1n) is 10.3. The van der Waals surface area contributed by atoms with Gasteiger partial charge in [-0.25, -0.2) is 14.6 Å². The lowest BCUT2D eigenvalue weighted by molar-refractivity contribution is -0.385. The number of benzene rings is 1. The van der Waals surface area contributed by atoms with E-state index in [1.54, 1.807) is 6.92 Å². The molecule has 178 valence electrons. The quantitative estimate of drug-likeness (QED) is 0.246. The van der Waals surface area contributed by atoms with Crippen molar-refractivity contribution in [1.29, 1.82) is 5.26 Å². The Labute approximate surface area is 199 Å². The first-order valence-corrected chi connectivity index (χ1v) is 10.7. The summed E-state index contributed by atoms with van der Waals surface area (Å²) in [5, 5.41) is 20.7. The number of carbonyl (C=O) groups excluding carboxylic acids is 2. The lowest BCUT2D eigenvalue weighted by Gasteiger charge is -2.40. The number of halogens is 1. The zero-order valence-electron chi connectivity index (χ0n) is 18.2. The maximum absolute atomic E-state index is 12.7. The molecule has 13 heteroatoms. The third-order valence-electron chi connectivity index (χ3n) is 5.04. The molecule has 1 fully saturated rings. The van der Waals surface area contributed by atoms with Crippen molar-refractivity contribution in [1.82, 2.24) is 14.9 Å². The van der Waals surface area contributed by atoms with Gasteiger partial charge in [-0.3, -0.25) is 10.1 Å². The van der Waals surface area contributed by atoms with Gasteiger partial charge in [-0.2, -0.15) is 10.2 Å². The van der Waals surface area contributed by atoms with Crippen molar-refractivity contribution in [2.24, 2.45) is 0 Å². The van der Waals surface area contributed by atoms with Crippen LogP contribution in [0.25, 0.3) is 0 Å². The number of hydrogen-bond donors (Lipinski definition) is 0. The van der Waals surface area contributed by atoms with Crippen LogP contribution in [0.3, 0.4) is 0 Å². The minimum atomic E-state index is -1.00. The second-order valence-corrected chi connectivity index (χ2v) is 7.52. The van der Waals surface area contributed by atoms with E-state index >= 15 is 0 Å². The molecule has 0 bridgehead atoms. The summed E-state index contributed by atoms with van der Waals surface area (Å²) in [6.07, 6.45) is -0.653. The van der Waals surface area contributed by atoms with Crippen LogP contribution < -0.4 is 4.90 Å². The Balaban J connectivity index is 1.84. The Kier molecular flexibility index (Phi) is 8.15. The van der Waals surface area contributed by atoms with Crippen LogP contribution in [0.15, 0.2) is 30.3 Å². The van der Waals surface area contributed by atoms with Gasteiger partial charge in [0.25, 0.3) is 0 Å². The van der Waals surface area contributed by atoms with Gasteiger partial charge in [-0.15, -0.1) is 0 Å². The van der Waals surface area contributed by atoms with Crippen LogP contribution in [-0.2, 0) is 16.1 Å². The lowest BCUT2D eigenvalue weighted by Crippen LogP contribution is -2.55. The maximum Gasteiger partial charge on any atom is 0.410 e. The Morgan fingerprint density at radius 1 is 1.26 bits per heavy atom. The SMILES string of the molecule is CCOC(=O)c1nc(Cl)nc(N2CCN(C(=O)OCc3ccccc3)[C@@H](CC#N)C2)c1[N+](=O)[O-]. The second-order valence-electron chi connectivity index (χ2n) is 7.19. The van der Waals surface area contributed by atoms with E-state index in [4.69, 9.17) is 21.1 Å². The fourth-order valence-electron chi connectivity index (χ4n) is 3.52. The first-order chi connectivity index (χ1) is 16.3. The van der Waals surface area contributed by atoms with Crippen LogP contribution in [-0.4, -0.2) is 64.1 Å². The zero-order valence-corrected chi connectivity index (χ0v) is 19.0. The average molecular weight is 489 g/mol. The van der Waals surface area contributed by atoms with E-state index in [0.717, 1.165) is 5.56 Å². The molecule has 1 amide bonds. The van der Waals surface area contributed by atoms with Crippen LogP contribution in [0.1, 0.15) is 29.4 Å². The summed E-state index contributed by atoms with van der Waals surface area (Å²) < 4.78 is 10.3. The normalized spacial score (nSPS) is 15.4. The summed E-state index contributed by atoms with van der Waals surface area (Å²) in [6, 6.07) is 10.5. The molecule has 2 heterocycles. The number of rotatable bonds is 7. The van der Waals surface area contributed by atoms with Crippen LogP contribution in [0, 0.1) is 21.4 Å². The van der Waals surface area contributed by atoms with Crippen molar-refractivity contribution in [2.45, 2.75) is 26.0 Å². The topological polar surface area (TPSA) is 152 Å². The molecule has 1 aromatic heterocycles. The van der Waals surface area contributed by atoms with Crippen molar-refractivity contribution >= 4 is 35.2 Å². The number of nitro groups is 1. The molecule has 34 heavy (non-hydrogen) atoms. The van der Waals surface area contributed by atoms with Crippen LogP contribution in [0.5, 0.6) is 0 Å². The number of anilines is 1. The predicted octanol–water partition coefficient (Wildman–Crippen LogP) is 2.96. The van der Waals surface area contributed by atoms with Crippen molar-refractivity contribution in [3.63, 3.8) is 0 Å². The summed E-state index contributed by atoms with van der Waals surface area (Å²) in [5.41, 5.74) is -0.411. The molecule has 0 aliphatic carbocycles. The van der Waals surface area contributed by atoms with Gasteiger partial charge in [0.1, 0.15) is 6.61 Å². The molecule has 0 N–H and O–H groups in total. The summed E-state index contributed by atoms with van der Waals surface area (Å²) in [7, 11) is 0. The van der Waals surface area contributed by atoms with Gasteiger partial charge in [-0.05, 0) is 24.1 Å². The van der Waals surface area contributed by atoms with E-state index in [1.807, 2.05) is 36.4 Å². The lowest BCUT2D eigenvalue weighted by atomic mass is 10.1. The van der Waals surface area contributed by atoms with Crippen LogP contribution >= 0.6 is 11.6 Å². The Morgan fingerprint density at radius 2 is 2.00 bits per heavy atom. The third-order valence-corrected chi connectivity index (χ3v) is 5.21. The van der Waals surface area contributed by atoms with Gasteiger partial charge < -0.3 is 19.3 Å². The Hall–Kier alpha value is -3.98. The molecular formula is C21H21ClN6O6. The summed E-state index contributed by atoms with van der Waals surface area (Å²) >= 11 is 5.95. The van der Waals surface area contributed by atoms with Crippen molar-refractivity contribution in [2.75, 3.05) is 31.1 Å². The van der Waals surface area contributed by atoms with Gasteiger partial charge >= 0.3 is 17.7 Å². The monoisotopic (exact) mass is 488 g/mol. The van der Waals surface area contributed by atoms with E-state index in [-0.39, 0.29) is 50.4 Å². The van der Waals surface area contributed by atoms with E-state index in [0.29, 0.717) is 0 Å². The van der Waals surface area contributed by atoms with Gasteiger partial charge in [0.2, 0.25) is 16.8 Å². The number of amides is 1. The number of ether oxygens (including phenoxy) is 2. The van der Waals surface area contributed by atoms with Gasteiger partial charge in [0, 0.05) is 19.6 Å². The molecule has 0 radical (unpaired) electrons. The molecule has 1 saturated heterocycles. The van der Waals surface area contributed by atoms with Crippen LogP contribution in [0.2, 0.25) is 5.28 Å². The summed E-state index contributed by atoms with van der Waals surface area (Å²) in [5.74, 6) is -1.19. The zero-order chi connectivity index (χ0) is 24.7. The van der Waals surface area contributed by atoms with Crippen LogP contribution in [0.4, 0.5) is 16.3 Å². The smallest absolute Gasteiger partial charge is 0.410 e. The summed E-state index contributed by atoms with van der Waals surface area (Å²) in [6.45, 7) is 1.86. The Bertz CT molecular complexity index is 1110. The van der Waals surface area contributed by atoms with E-state index in [2.05, 4.69) is 9.97 Å². The average Bonchev–Trinajstić information content (AvgIpc) is 2.82. The second kappa shape index (κ2) is 11.2. The van der Waals surface area contributed by atoms with Crippen molar-refractivity contribution in [3.8, 4) is 6.07 Å². The highest BCUT2D eigenvalue weighted by molar-refractivity contribution is 6.28. The molecule has 1 aliphatic rings.